The highest BCUT2D eigenvalue weighted by molar-refractivity contribution is 6.31. The van der Waals surface area contributed by atoms with Gasteiger partial charge in [-0.05, 0) is 48.4 Å². The molecule has 3 N–H and O–H groups in total. The molecular weight excluding hydrogens is 434 g/mol. The van der Waals surface area contributed by atoms with Crippen molar-refractivity contribution in [2.24, 2.45) is 4.99 Å². The van der Waals surface area contributed by atoms with E-state index in [9.17, 15) is 13.6 Å². The zero-order valence-corrected chi connectivity index (χ0v) is 17.6. The number of fused-ring (bicyclic) bond motifs is 1. The van der Waals surface area contributed by atoms with Crippen LogP contribution in [0, 0.1) is 11.6 Å². The summed E-state index contributed by atoms with van der Waals surface area (Å²) in [6, 6.07) is 17.6. The molecule has 5 nitrogen and oxygen atoms in total. The molecule has 0 bridgehead atoms. The van der Waals surface area contributed by atoms with E-state index < -0.39 is 17.5 Å². The third-order valence-corrected chi connectivity index (χ3v) is 5.16. The van der Waals surface area contributed by atoms with Gasteiger partial charge in [0.05, 0.1) is 10.7 Å². The van der Waals surface area contributed by atoms with Crippen molar-refractivity contribution < 1.29 is 13.6 Å². The van der Waals surface area contributed by atoms with Gasteiger partial charge in [-0.15, -0.1) is 0 Å². The number of carbonyl (C=O) groups excluding carboxylic acids is 1. The SMILES string of the molecule is O=C(NC(=NCCc1c[nH]c2ccccc12)Nc1ccccc1F)c1ccc(F)c(Cl)c1. The Labute approximate surface area is 188 Å². The number of anilines is 1. The van der Waals surface area contributed by atoms with E-state index in [1.54, 1.807) is 12.1 Å². The van der Waals surface area contributed by atoms with E-state index in [4.69, 9.17) is 11.6 Å². The zero-order chi connectivity index (χ0) is 22.5. The highest BCUT2D eigenvalue weighted by atomic mass is 35.5. The fourth-order valence-corrected chi connectivity index (χ4v) is 3.42. The predicted octanol–water partition coefficient (Wildman–Crippen LogP) is 5.54. The van der Waals surface area contributed by atoms with Crippen molar-refractivity contribution in [1.82, 2.24) is 10.3 Å². The maximum Gasteiger partial charge on any atom is 0.258 e. The van der Waals surface area contributed by atoms with Crippen LogP contribution in [0.15, 0.2) is 77.9 Å². The number of aromatic amines is 1. The van der Waals surface area contributed by atoms with Crippen LogP contribution in [-0.2, 0) is 6.42 Å². The zero-order valence-electron chi connectivity index (χ0n) is 16.8. The minimum atomic E-state index is -0.625. The normalized spacial score (nSPS) is 11.5. The number of aromatic nitrogens is 1. The van der Waals surface area contributed by atoms with Crippen LogP contribution in [0.4, 0.5) is 14.5 Å². The summed E-state index contributed by atoms with van der Waals surface area (Å²) in [5, 5.41) is 6.36. The van der Waals surface area contributed by atoms with E-state index in [0.29, 0.717) is 13.0 Å². The van der Waals surface area contributed by atoms with E-state index in [-0.39, 0.29) is 22.2 Å². The van der Waals surface area contributed by atoms with Gasteiger partial charge >= 0.3 is 0 Å². The number of hydrogen-bond acceptors (Lipinski definition) is 2. The Balaban J connectivity index is 1.54. The molecule has 1 amide bonds. The third-order valence-electron chi connectivity index (χ3n) is 4.87. The number of nitrogens with zero attached hydrogens (tertiary/aromatic N) is 1. The Morgan fingerprint density at radius 3 is 2.59 bits per heavy atom. The molecule has 0 saturated carbocycles. The standard InChI is InChI=1S/C24H19ClF2N4O/c25-18-13-15(9-10-19(18)26)23(32)31-24(30-22-8-4-2-6-20(22)27)28-12-11-16-14-29-21-7-3-1-5-17(16)21/h1-10,13-14,29H,11-12H2,(H2,28,30,31,32). The van der Waals surface area contributed by atoms with E-state index >= 15 is 0 Å². The Bertz CT molecular complexity index is 1300. The molecule has 0 radical (unpaired) electrons. The number of para-hydroxylation sites is 2. The quantitative estimate of drug-likeness (QED) is 0.275. The van der Waals surface area contributed by atoms with Gasteiger partial charge in [0.2, 0.25) is 5.96 Å². The molecule has 8 heteroatoms. The largest absolute Gasteiger partial charge is 0.361 e. The lowest BCUT2D eigenvalue weighted by Gasteiger charge is -2.13. The summed E-state index contributed by atoms with van der Waals surface area (Å²) < 4.78 is 27.6. The molecule has 0 fully saturated rings. The maximum atomic E-state index is 14.1. The topological polar surface area (TPSA) is 69.3 Å². The first-order valence-corrected chi connectivity index (χ1v) is 10.3. The molecule has 32 heavy (non-hydrogen) atoms. The lowest BCUT2D eigenvalue weighted by molar-refractivity contribution is 0.0977. The summed E-state index contributed by atoms with van der Waals surface area (Å²) in [6.45, 7) is 0.336. The summed E-state index contributed by atoms with van der Waals surface area (Å²) >= 11 is 5.78. The van der Waals surface area contributed by atoms with E-state index in [1.165, 1.54) is 24.3 Å². The third kappa shape index (κ3) is 4.95. The van der Waals surface area contributed by atoms with Crippen LogP contribution in [0.5, 0.6) is 0 Å². The number of nitrogens with one attached hydrogen (secondary N) is 3. The summed E-state index contributed by atoms with van der Waals surface area (Å²) in [7, 11) is 0. The Hall–Kier alpha value is -3.71. The first-order chi connectivity index (χ1) is 15.5. The van der Waals surface area contributed by atoms with Gasteiger partial charge in [-0.3, -0.25) is 15.1 Å². The van der Waals surface area contributed by atoms with Gasteiger partial charge in [-0.25, -0.2) is 8.78 Å². The van der Waals surface area contributed by atoms with Crippen LogP contribution in [0.2, 0.25) is 5.02 Å². The summed E-state index contributed by atoms with van der Waals surface area (Å²) in [5.41, 5.74) is 2.41. The number of H-pyrrole nitrogens is 1. The average molecular weight is 453 g/mol. The molecule has 162 valence electrons. The second-order valence-corrected chi connectivity index (χ2v) is 7.43. The van der Waals surface area contributed by atoms with E-state index in [1.807, 2.05) is 30.5 Å². The lowest BCUT2D eigenvalue weighted by atomic mass is 10.1. The molecule has 4 rings (SSSR count). The fraction of sp³-hybridized carbons (Fsp3) is 0.0833. The van der Waals surface area contributed by atoms with Gasteiger partial charge in [-0.1, -0.05) is 41.9 Å². The molecule has 0 unspecified atom stereocenters. The smallest absolute Gasteiger partial charge is 0.258 e. The lowest BCUT2D eigenvalue weighted by Crippen LogP contribution is -2.36. The molecule has 3 aromatic carbocycles. The van der Waals surface area contributed by atoms with Crippen LogP contribution in [0.25, 0.3) is 10.9 Å². The molecule has 1 aromatic heterocycles. The number of hydrogen-bond donors (Lipinski definition) is 3. The second kappa shape index (κ2) is 9.62. The predicted molar refractivity (Wildman–Crippen MR) is 123 cm³/mol. The highest BCUT2D eigenvalue weighted by Gasteiger charge is 2.13. The van der Waals surface area contributed by atoms with Crippen molar-refractivity contribution in [3.8, 4) is 0 Å². The number of carbonyl (C=O) groups is 1. The Kier molecular flexibility index (Phi) is 6.47. The van der Waals surface area contributed by atoms with Gasteiger partial charge < -0.3 is 10.3 Å². The van der Waals surface area contributed by atoms with Gasteiger partial charge in [-0.2, -0.15) is 0 Å². The molecular formula is C24H19ClF2N4O. The monoisotopic (exact) mass is 452 g/mol. The highest BCUT2D eigenvalue weighted by Crippen LogP contribution is 2.19. The summed E-state index contributed by atoms with van der Waals surface area (Å²) in [4.78, 5) is 20.3. The molecule has 0 aliphatic rings. The fourth-order valence-electron chi connectivity index (χ4n) is 3.24. The van der Waals surface area contributed by atoms with Crippen molar-refractivity contribution >= 4 is 40.1 Å². The minimum Gasteiger partial charge on any atom is -0.361 e. The molecule has 4 aromatic rings. The van der Waals surface area contributed by atoms with Crippen LogP contribution >= 0.6 is 11.6 Å². The van der Waals surface area contributed by atoms with Gasteiger partial charge in [0, 0.05) is 29.2 Å². The number of amides is 1. The molecule has 0 spiro atoms. The first-order valence-electron chi connectivity index (χ1n) is 9.88. The number of benzene rings is 3. The van der Waals surface area contributed by atoms with Gasteiger partial charge in [0.1, 0.15) is 11.6 Å². The molecule has 0 aliphatic heterocycles. The maximum absolute atomic E-state index is 14.1. The van der Waals surface area contributed by atoms with Crippen molar-refractivity contribution in [3.05, 3.63) is 101 Å². The summed E-state index contributed by atoms with van der Waals surface area (Å²) in [6.07, 6.45) is 2.52. The van der Waals surface area contributed by atoms with Crippen molar-refractivity contribution in [3.63, 3.8) is 0 Å². The van der Waals surface area contributed by atoms with Crippen LogP contribution in [0.3, 0.4) is 0 Å². The summed E-state index contributed by atoms with van der Waals surface area (Å²) in [5.74, 6) is -1.60. The van der Waals surface area contributed by atoms with Crippen LogP contribution in [0.1, 0.15) is 15.9 Å². The van der Waals surface area contributed by atoms with Crippen LogP contribution < -0.4 is 10.6 Å². The van der Waals surface area contributed by atoms with Gasteiger partial charge in [0.25, 0.3) is 5.91 Å². The first kappa shape index (κ1) is 21.5. The minimum absolute atomic E-state index is 0.0698. The Morgan fingerprint density at radius 2 is 1.78 bits per heavy atom. The van der Waals surface area contributed by atoms with E-state index in [2.05, 4.69) is 20.6 Å². The average Bonchev–Trinajstić information content (AvgIpc) is 3.20. The number of rotatable bonds is 5. The Morgan fingerprint density at radius 1 is 1.00 bits per heavy atom. The van der Waals surface area contributed by atoms with Crippen molar-refractivity contribution in [2.45, 2.75) is 6.42 Å². The molecule has 0 aliphatic carbocycles. The molecule has 0 saturated heterocycles. The molecule has 1 heterocycles. The number of aliphatic imine (C=N–C) groups is 1. The second-order valence-electron chi connectivity index (χ2n) is 7.03. The van der Waals surface area contributed by atoms with E-state index in [0.717, 1.165) is 22.5 Å². The number of guanidine groups is 1. The van der Waals surface area contributed by atoms with Crippen molar-refractivity contribution in [2.75, 3.05) is 11.9 Å². The van der Waals surface area contributed by atoms with Crippen molar-refractivity contribution in [1.29, 1.82) is 0 Å². The van der Waals surface area contributed by atoms with Crippen LogP contribution in [-0.4, -0.2) is 23.4 Å². The molecule has 0 atom stereocenters. The number of halogens is 3. The van der Waals surface area contributed by atoms with Gasteiger partial charge in [0.15, 0.2) is 0 Å².